The van der Waals surface area contributed by atoms with Gasteiger partial charge in [-0.05, 0) is 11.4 Å². The Kier molecular flexibility index (Phi) is 1.54. The normalized spacial score (nSPS) is 10.9. The fourth-order valence-corrected chi connectivity index (χ4v) is 1.86. The Morgan fingerprint density at radius 1 is 1.36 bits per heavy atom. The molecule has 0 atom stereocenters. The molecule has 3 aromatic heterocycles. The lowest BCUT2D eigenvalue weighted by Crippen LogP contribution is -1.94. The number of nitrogens with zero attached hydrogens (tertiary/aromatic N) is 5. The van der Waals surface area contributed by atoms with E-state index in [4.69, 9.17) is 0 Å². The van der Waals surface area contributed by atoms with Gasteiger partial charge in [-0.1, -0.05) is 6.07 Å². The number of aromatic nitrogens is 5. The van der Waals surface area contributed by atoms with Gasteiger partial charge in [0.25, 0.3) is 5.78 Å². The topological polar surface area (TPSA) is 56.0 Å². The first-order valence-corrected chi connectivity index (χ1v) is 4.88. The lowest BCUT2D eigenvalue weighted by atomic mass is 10.4. The van der Waals surface area contributed by atoms with Crippen LogP contribution in [-0.2, 0) is 0 Å². The summed E-state index contributed by atoms with van der Waals surface area (Å²) in [4.78, 5) is 5.40. The van der Waals surface area contributed by atoms with Gasteiger partial charge in [0, 0.05) is 0 Å². The van der Waals surface area contributed by atoms with Crippen LogP contribution in [0.1, 0.15) is 0 Å². The first-order valence-electron chi connectivity index (χ1n) is 4.00. The Bertz CT molecular complexity index is 556. The molecule has 0 fully saturated rings. The van der Waals surface area contributed by atoms with E-state index in [1.54, 1.807) is 17.5 Å². The summed E-state index contributed by atoms with van der Waals surface area (Å²) < 4.78 is 1.54. The number of hydrogen-bond acceptors (Lipinski definition) is 5. The minimum Gasteiger partial charge on any atom is -0.207 e. The quantitative estimate of drug-likeness (QED) is 0.597. The molecular weight excluding hydrogens is 198 g/mol. The summed E-state index contributed by atoms with van der Waals surface area (Å²) in [6.07, 6.45) is 3.24. The van der Waals surface area contributed by atoms with Crippen molar-refractivity contribution in [3.63, 3.8) is 0 Å². The second-order valence-corrected chi connectivity index (χ2v) is 3.64. The highest BCUT2D eigenvalue weighted by Crippen LogP contribution is 2.21. The molecule has 0 unspecified atom stereocenters. The lowest BCUT2D eigenvalue weighted by molar-refractivity contribution is 0.902. The summed E-state index contributed by atoms with van der Waals surface area (Å²) in [6.45, 7) is 0. The van der Waals surface area contributed by atoms with Crippen molar-refractivity contribution in [3.05, 3.63) is 30.0 Å². The van der Waals surface area contributed by atoms with Crippen LogP contribution in [0.5, 0.6) is 0 Å². The summed E-state index contributed by atoms with van der Waals surface area (Å²) in [5, 5.41) is 13.7. The Labute approximate surface area is 83.1 Å². The number of rotatable bonds is 1. The maximum absolute atomic E-state index is 4.31. The molecule has 0 aliphatic heterocycles. The minimum absolute atomic E-state index is 0.524. The van der Waals surface area contributed by atoms with Gasteiger partial charge in [0.1, 0.15) is 12.0 Å². The van der Waals surface area contributed by atoms with Crippen molar-refractivity contribution in [2.75, 3.05) is 0 Å². The smallest absolute Gasteiger partial charge is 0.207 e. The second-order valence-electron chi connectivity index (χ2n) is 2.69. The van der Waals surface area contributed by atoms with E-state index in [2.05, 4.69) is 20.3 Å². The van der Waals surface area contributed by atoms with Gasteiger partial charge in [-0.15, -0.1) is 21.5 Å². The van der Waals surface area contributed by atoms with Crippen LogP contribution in [-0.4, -0.2) is 24.8 Å². The molecule has 0 spiro atoms. The van der Waals surface area contributed by atoms with E-state index >= 15 is 0 Å². The first-order chi connectivity index (χ1) is 6.93. The van der Waals surface area contributed by atoms with Crippen LogP contribution in [0, 0.1) is 0 Å². The molecule has 6 heteroatoms. The minimum atomic E-state index is 0.524. The van der Waals surface area contributed by atoms with Crippen molar-refractivity contribution in [1.29, 1.82) is 0 Å². The fraction of sp³-hybridized carbons (Fsp3) is 0. The van der Waals surface area contributed by atoms with Crippen molar-refractivity contribution in [1.82, 2.24) is 24.8 Å². The molecule has 0 N–H and O–H groups in total. The summed E-state index contributed by atoms with van der Waals surface area (Å²) in [5.74, 6) is 0.524. The van der Waals surface area contributed by atoms with E-state index in [1.807, 2.05) is 17.5 Å². The average Bonchev–Trinajstić information content (AvgIpc) is 2.88. The van der Waals surface area contributed by atoms with E-state index in [-0.39, 0.29) is 0 Å². The van der Waals surface area contributed by atoms with E-state index < -0.39 is 0 Å². The van der Waals surface area contributed by atoms with Gasteiger partial charge in [0.05, 0.1) is 11.1 Å². The Morgan fingerprint density at radius 2 is 2.36 bits per heavy atom. The molecule has 0 saturated heterocycles. The molecule has 0 aliphatic carbocycles. The molecule has 0 aliphatic rings. The molecule has 5 nitrogen and oxygen atoms in total. The van der Waals surface area contributed by atoms with E-state index in [0.717, 1.165) is 10.6 Å². The van der Waals surface area contributed by atoms with Crippen LogP contribution in [0.2, 0.25) is 0 Å². The van der Waals surface area contributed by atoms with Crippen molar-refractivity contribution >= 4 is 17.1 Å². The fourth-order valence-electron chi connectivity index (χ4n) is 1.18. The highest BCUT2D eigenvalue weighted by atomic mass is 32.1. The maximum Gasteiger partial charge on any atom is 0.272 e. The Balaban J connectivity index is 2.23. The largest absolute Gasteiger partial charge is 0.272 e. The lowest BCUT2D eigenvalue weighted by Gasteiger charge is -1.94. The number of hydrogen-bond donors (Lipinski definition) is 0. The summed E-state index contributed by atoms with van der Waals surface area (Å²) in [5.41, 5.74) is 0.834. The summed E-state index contributed by atoms with van der Waals surface area (Å²) in [7, 11) is 0. The van der Waals surface area contributed by atoms with E-state index in [1.165, 1.54) is 10.8 Å². The highest BCUT2D eigenvalue weighted by molar-refractivity contribution is 7.13. The summed E-state index contributed by atoms with van der Waals surface area (Å²) in [6, 6.07) is 3.98. The molecule has 0 amide bonds. The Hall–Kier alpha value is -1.82. The van der Waals surface area contributed by atoms with Crippen LogP contribution >= 0.6 is 11.3 Å². The molecule has 0 saturated carbocycles. The van der Waals surface area contributed by atoms with Crippen molar-refractivity contribution in [2.24, 2.45) is 0 Å². The van der Waals surface area contributed by atoms with Crippen LogP contribution in [0.3, 0.4) is 0 Å². The molecule has 3 heterocycles. The van der Waals surface area contributed by atoms with Gasteiger partial charge < -0.3 is 0 Å². The van der Waals surface area contributed by atoms with Gasteiger partial charge in [0.2, 0.25) is 0 Å². The zero-order valence-corrected chi connectivity index (χ0v) is 7.85. The van der Waals surface area contributed by atoms with E-state index in [9.17, 15) is 0 Å². The number of fused-ring (bicyclic) bond motifs is 1. The molecule has 0 aromatic carbocycles. The van der Waals surface area contributed by atoms with Crippen LogP contribution in [0.25, 0.3) is 16.3 Å². The molecule has 68 valence electrons. The van der Waals surface area contributed by atoms with Gasteiger partial charge in [0.15, 0.2) is 0 Å². The zero-order chi connectivity index (χ0) is 9.38. The molecule has 0 radical (unpaired) electrons. The van der Waals surface area contributed by atoms with Crippen LogP contribution < -0.4 is 0 Å². The van der Waals surface area contributed by atoms with E-state index in [0.29, 0.717) is 5.78 Å². The molecule has 3 rings (SSSR count). The molecular formula is C8H5N5S. The zero-order valence-electron chi connectivity index (χ0n) is 7.03. The van der Waals surface area contributed by atoms with Gasteiger partial charge >= 0.3 is 0 Å². The Morgan fingerprint density at radius 3 is 3.21 bits per heavy atom. The molecule has 14 heavy (non-hydrogen) atoms. The van der Waals surface area contributed by atoms with Crippen LogP contribution in [0.4, 0.5) is 0 Å². The monoisotopic (exact) mass is 203 g/mol. The third-order valence-corrected chi connectivity index (χ3v) is 2.70. The molecule has 0 bridgehead atoms. The number of thiophene rings is 1. The average molecular weight is 203 g/mol. The summed E-state index contributed by atoms with van der Waals surface area (Å²) >= 11 is 1.63. The third kappa shape index (κ3) is 1.08. The van der Waals surface area contributed by atoms with Crippen molar-refractivity contribution in [3.8, 4) is 10.6 Å². The van der Waals surface area contributed by atoms with Gasteiger partial charge in [-0.25, -0.2) is 4.98 Å². The third-order valence-electron chi connectivity index (χ3n) is 1.81. The van der Waals surface area contributed by atoms with Gasteiger partial charge in [-0.3, -0.25) is 0 Å². The van der Waals surface area contributed by atoms with Crippen LogP contribution in [0.15, 0.2) is 30.0 Å². The maximum atomic E-state index is 4.31. The predicted octanol–water partition coefficient (Wildman–Crippen LogP) is 1.25. The van der Waals surface area contributed by atoms with Crippen molar-refractivity contribution < 1.29 is 0 Å². The van der Waals surface area contributed by atoms with Crippen molar-refractivity contribution in [2.45, 2.75) is 0 Å². The first kappa shape index (κ1) is 7.57. The predicted molar refractivity (Wildman–Crippen MR) is 51.9 cm³/mol. The van der Waals surface area contributed by atoms with Gasteiger partial charge in [-0.2, -0.15) is 9.61 Å². The standard InChI is InChI=1S/C8H5N5S/c1-2-7(14-3-1)6-4-10-13-5-9-12-8(13)11-6/h1-5H. The molecule has 3 aromatic rings. The second kappa shape index (κ2) is 2.85. The highest BCUT2D eigenvalue weighted by Gasteiger charge is 2.03. The SMILES string of the molecule is c1csc(-c2cnn3cnnc3n2)c1.